The van der Waals surface area contributed by atoms with E-state index in [0.717, 1.165) is 17.0 Å². The Kier molecular flexibility index (Phi) is 4.16. The first kappa shape index (κ1) is 13.9. The van der Waals surface area contributed by atoms with Crippen molar-refractivity contribution in [1.29, 1.82) is 0 Å². The molecule has 1 aromatic heterocycles. The molecule has 0 atom stereocenters. The molecule has 3 heteroatoms. The predicted molar refractivity (Wildman–Crippen MR) is 88.2 cm³/mol. The number of hydrogen-bond acceptors (Lipinski definition) is 2. The normalized spacial score (nSPS) is 10.7. The fourth-order valence-corrected chi connectivity index (χ4v) is 2.06. The number of carbonyl (C=O) groups excluding carboxylic acids is 1. The summed E-state index contributed by atoms with van der Waals surface area (Å²) in [4.78, 5) is 11.8. The molecule has 1 N–H and O–H groups in total. The van der Waals surface area contributed by atoms with Crippen LogP contribution < -0.4 is 5.32 Å². The van der Waals surface area contributed by atoms with E-state index >= 15 is 0 Å². The Bertz CT molecular complexity index is 773. The van der Waals surface area contributed by atoms with Crippen molar-refractivity contribution in [2.24, 2.45) is 0 Å². The van der Waals surface area contributed by atoms with E-state index in [9.17, 15) is 4.79 Å². The zero-order valence-electron chi connectivity index (χ0n) is 11.9. The highest BCUT2D eigenvalue weighted by Gasteiger charge is 2.02. The van der Waals surface area contributed by atoms with Crippen LogP contribution in [0.15, 0.2) is 83.3 Å². The molecule has 0 aliphatic rings. The van der Waals surface area contributed by atoms with E-state index in [1.54, 1.807) is 6.08 Å². The van der Waals surface area contributed by atoms with Crippen LogP contribution in [0.1, 0.15) is 5.76 Å². The molecule has 1 heterocycles. The maximum atomic E-state index is 11.8. The third kappa shape index (κ3) is 3.52. The second-order valence-corrected chi connectivity index (χ2v) is 4.76. The molecule has 0 spiro atoms. The topological polar surface area (TPSA) is 42.2 Å². The zero-order chi connectivity index (χ0) is 15.2. The molecule has 0 aliphatic heterocycles. The minimum atomic E-state index is -0.191. The molecule has 0 aliphatic carbocycles. The van der Waals surface area contributed by atoms with E-state index in [2.05, 4.69) is 5.32 Å². The number of para-hydroxylation sites is 1. The maximum absolute atomic E-state index is 11.8. The summed E-state index contributed by atoms with van der Waals surface area (Å²) in [5.41, 5.74) is 1.78. The van der Waals surface area contributed by atoms with Gasteiger partial charge in [0.05, 0.1) is 0 Å². The summed E-state index contributed by atoms with van der Waals surface area (Å²) in [6.45, 7) is 0. The molecule has 22 heavy (non-hydrogen) atoms. The lowest BCUT2D eigenvalue weighted by Gasteiger charge is -2.00. The highest BCUT2D eigenvalue weighted by atomic mass is 16.3. The van der Waals surface area contributed by atoms with E-state index in [4.69, 9.17) is 4.42 Å². The Balaban J connectivity index is 1.66. The molecule has 1 amide bonds. The van der Waals surface area contributed by atoms with Crippen LogP contribution in [0, 0.1) is 0 Å². The van der Waals surface area contributed by atoms with Crippen LogP contribution in [0.2, 0.25) is 0 Å². The van der Waals surface area contributed by atoms with Gasteiger partial charge in [-0.3, -0.25) is 4.79 Å². The molecule has 2 aromatic carbocycles. The first-order valence-corrected chi connectivity index (χ1v) is 7.01. The van der Waals surface area contributed by atoms with E-state index in [-0.39, 0.29) is 5.91 Å². The van der Waals surface area contributed by atoms with Crippen molar-refractivity contribution >= 4 is 17.7 Å². The van der Waals surface area contributed by atoms with Gasteiger partial charge in [0.1, 0.15) is 11.5 Å². The van der Waals surface area contributed by atoms with Gasteiger partial charge in [0.25, 0.3) is 0 Å². The van der Waals surface area contributed by atoms with Gasteiger partial charge in [-0.2, -0.15) is 0 Å². The van der Waals surface area contributed by atoms with E-state index in [0.29, 0.717) is 5.76 Å². The Morgan fingerprint density at radius 2 is 1.55 bits per heavy atom. The van der Waals surface area contributed by atoms with Gasteiger partial charge in [-0.1, -0.05) is 48.5 Å². The van der Waals surface area contributed by atoms with E-state index in [1.807, 2.05) is 72.8 Å². The number of amides is 1. The molecule has 0 saturated heterocycles. The van der Waals surface area contributed by atoms with Crippen molar-refractivity contribution in [3.63, 3.8) is 0 Å². The smallest absolute Gasteiger partial charge is 0.248 e. The molecule has 3 aromatic rings. The van der Waals surface area contributed by atoms with Crippen LogP contribution >= 0.6 is 0 Å². The Hall–Kier alpha value is -3.07. The summed E-state index contributed by atoms with van der Waals surface area (Å²) in [7, 11) is 0. The van der Waals surface area contributed by atoms with Crippen LogP contribution in [0.4, 0.5) is 5.69 Å². The molecule has 0 fully saturated rings. The molecule has 3 nitrogen and oxygen atoms in total. The summed E-state index contributed by atoms with van der Waals surface area (Å²) in [6.07, 6.45) is 3.12. The predicted octanol–water partition coefficient (Wildman–Crippen LogP) is 4.60. The summed E-state index contributed by atoms with van der Waals surface area (Å²) in [5.74, 6) is 1.23. The average molecular weight is 289 g/mol. The standard InChI is InChI=1S/C19H15NO2/c21-19(20-16-9-5-2-6-10-16)14-12-17-11-13-18(22-17)15-7-3-1-4-8-15/h1-14H,(H,20,21)/b14-12+. The lowest BCUT2D eigenvalue weighted by molar-refractivity contribution is -0.111. The van der Waals surface area contributed by atoms with Crippen LogP contribution in [-0.4, -0.2) is 5.91 Å². The van der Waals surface area contributed by atoms with Crippen molar-refractivity contribution in [2.75, 3.05) is 5.32 Å². The van der Waals surface area contributed by atoms with Crippen LogP contribution in [-0.2, 0) is 4.79 Å². The van der Waals surface area contributed by atoms with Crippen molar-refractivity contribution in [3.05, 3.63) is 84.6 Å². The zero-order valence-corrected chi connectivity index (χ0v) is 11.9. The summed E-state index contributed by atoms with van der Waals surface area (Å²) in [5, 5.41) is 2.78. The first-order chi connectivity index (χ1) is 10.8. The molecule has 108 valence electrons. The first-order valence-electron chi connectivity index (χ1n) is 7.01. The number of anilines is 1. The van der Waals surface area contributed by atoms with Gasteiger partial charge >= 0.3 is 0 Å². The molecular formula is C19H15NO2. The number of nitrogens with one attached hydrogen (secondary N) is 1. The third-order valence-electron chi connectivity index (χ3n) is 3.13. The van der Waals surface area contributed by atoms with Crippen molar-refractivity contribution in [2.45, 2.75) is 0 Å². The molecule has 0 bridgehead atoms. The SMILES string of the molecule is O=C(/C=C/c1ccc(-c2ccccc2)o1)Nc1ccccc1. The Labute approximate surface area is 128 Å². The van der Waals surface area contributed by atoms with E-state index < -0.39 is 0 Å². The van der Waals surface area contributed by atoms with Gasteiger partial charge in [0, 0.05) is 17.3 Å². The van der Waals surface area contributed by atoms with Crippen molar-refractivity contribution in [1.82, 2.24) is 0 Å². The van der Waals surface area contributed by atoms with E-state index in [1.165, 1.54) is 6.08 Å². The van der Waals surface area contributed by atoms with Gasteiger partial charge in [-0.25, -0.2) is 0 Å². The Morgan fingerprint density at radius 1 is 0.864 bits per heavy atom. The highest BCUT2D eigenvalue weighted by Crippen LogP contribution is 2.22. The van der Waals surface area contributed by atoms with Crippen LogP contribution in [0.5, 0.6) is 0 Å². The molecule has 0 saturated carbocycles. The number of furan rings is 1. The quantitative estimate of drug-likeness (QED) is 0.713. The number of benzene rings is 2. The second-order valence-electron chi connectivity index (χ2n) is 4.76. The average Bonchev–Trinajstić information content (AvgIpc) is 3.04. The number of hydrogen-bond donors (Lipinski definition) is 1. The fraction of sp³-hybridized carbons (Fsp3) is 0. The fourth-order valence-electron chi connectivity index (χ4n) is 2.06. The van der Waals surface area contributed by atoms with Gasteiger partial charge < -0.3 is 9.73 Å². The summed E-state index contributed by atoms with van der Waals surface area (Å²) >= 11 is 0. The minimum absolute atomic E-state index is 0.191. The molecule has 0 unspecified atom stereocenters. The lowest BCUT2D eigenvalue weighted by atomic mass is 10.2. The molecular weight excluding hydrogens is 274 g/mol. The lowest BCUT2D eigenvalue weighted by Crippen LogP contribution is -2.07. The van der Waals surface area contributed by atoms with Gasteiger partial charge in [-0.05, 0) is 30.3 Å². The van der Waals surface area contributed by atoms with Crippen LogP contribution in [0.25, 0.3) is 17.4 Å². The highest BCUT2D eigenvalue weighted by molar-refractivity contribution is 6.01. The van der Waals surface area contributed by atoms with Gasteiger partial charge in [0.15, 0.2) is 0 Å². The minimum Gasteiger partial charge on any atom is -0.457 e. The largest absolute Gasteiger partial charge is 0.457 e. The summed E-state index contributed by atoms with van der Waals surface area (Å²) < 4.78 is 5.70. The third-order valence-corrected chi connectivity index (χ3v) is 3.13. The Morgan fingerprint density at radius 3 is 2.27 bits per heavy atom. The number of carbonyl (C=O) groups is 1. The van der Waals surface area contributed by atoms with Crippen molar-refractivity contribution < 1.29 is 9.21 Å². The summed E-state index contributed by atoms with van der Waals surface area (Å²) in [6, 6.07) is 22.9. The van der Waals surface area contributed by atoms with Crippen molar-refractivity contribution in [3.8, 4) is 11.3 Å². The maximum Gasteiger partial charge on any atom is 0.248 e. The van der Waals surface area contributed by atoms with Gasteiger partial charge in [0.2, 0.25) is 5.91 Å². The molecule has 0 radical (unpaired) electrons. The van der Waals surface area contributed by atoms with Crippen LogP contribution in [0.3, 0.4) is 0 Å². The second kappa shape index (κ2) is 6.59. The molecule has 3 rings (SSSR count). The van der Waals surface area contributed by atoms with Gasteiger partial charge in [-0.15, -0.1) is 0 Å². The number of rotatable bonds is 4. The monoisotopic (exact) mass is 289 g/mol.